The molecule has 28 heavy (non-hydrogen) atoms. The fourth-order valence-electron chi connectivity index (χ4n) is 3.73. The Morgan fingerprint density at radius 3 is 2.57 bits per heavy atom. The summed E-state index contributed by atoms with van der Waals surface area (Å²) in [5, 5.41) is 7.13. The largest absolute Gasteiger partial charge is 0.378 e. The Morgan fingerprint density at radius 1 is 1.07 bits per heavy atom. The predicted octanol–water partition coefficient (Wildman–Crippen LogP) is 1.97. The minimum atomic E-state index is -0.161. The first-order chi connectivity index (χ1) is 13.7. The number of piperidine rings is 1. The topological polar surface area (TPSA) is 79.7 Å². The summed E-state index contributed by atoms with van der Waals surface area (Å²) in [5.41, 5.74) is 1.65. The number of hydrogen-bond acceptors (Lipinski definition) is 4. The molecule has 4 rings (SSSR count). The van der Waals surface area contributed by atoms with Crippen LogP contribution < -0.4 is 5.32 Å². The normalized spacial score (nSPS) is 20.1. The highest BCUT2D eigenvalue weighted by Gasteiger charge is 2.31. The summed E-state index contributed by atoms with van der Waals surface area (Å²) in [7, 11) is 0. The number of rotatable bonds is 3. The van der Waals surface area contributed by atoms with Gasteiger partial charge in [-0.05, 0) is 43.2 Å². The Kier molecular flexibility index (Phi) is 5.57. The van der Waals surface area contributed by atoms with Crippen LogP contribution in [-0.4, -0.2) is 70.9 Å². The van der Waals surface area contributed by atoms with Crippen molar-refractivity contribution in [2.45, 2.75) is 12.8 Å². The number of aromatic nitrogens is 2. The molecule has 148 valence electrons. The van der Waals surface area contributed by atoms with Crippen LogP contribution in [0.5, 0.6) is 0 Å². The molecule has 2 aliphatic rings. The number of nitrogens with one attached hydrogen (secondary N) is 1. The number of benzene rings is 1. The molecule has 1 aromatic carbocycles. The van der Waals surface area contributed by atoms with Crippen molar-refractivity contribution in [3.63, 3.8) is 0 Å². The van der Waals surface area contributed by atoms with Gasteiger partial charge in [-0.1, -0.05) is 0 Å². The molecule has 8 nitrogen and oxygen atoms in total. The van der Waals surface area contributed by atoms with Crippen LogP contribution in [0.2, 0.25) is 0 Å². The molecule has 0 unspecified atom stereocenters. The second kappa shape index (κ2) is 8.43. The van der Waals surface area contributed by atoms with Gasteiger partial charge in [0, 0.05) is 44.3 Å². The van der Waals surface area contributed by atoms with Crippen LogP contribution >= 0.6 is 0 Å². The quantitative estimate of drug-likeness (QED) is 0.879. The number of carbonyl (C=O) groups excluding carboxylic acids is 2. The van der Waals surface area contributed by atoms with E-state index in [4.69, 9.17) is 4.74 Å². The lowest BCUT2D eigenvalue weighted by atomic mass is 9.96. The molecule has 0 aliphatic carbocycles. The van der Waals surface area contributed by atoms with Gasteiger partial charge < -0.3 is 19.9 Å². The van der Waals surface area contributed by atoms with Crippen LogP contribution in [0.4, 0.5) is 10.5 Å². The maximum Gasteiger partial charge on any atom is 0.321 e. The molecule has 2 aromatic rings. The Bertz CT molecular complexity index is 800. The molecular formula is C20H25N5O3. The van der Waals surface area contributed by atoms with Gasteiger partial charge in [-0.25, -0.2) is 9.48 Å². The molecule has 8 heteroatoms. The van der Waals surface area contributed by atoms with E-state index in [-0.39, 0.29) is 17.9 Å². The van der Waals surface area contributed by atoms with Gasteiger partial charge in [0.25, 0.3) is 0 Å². The highest BCUT2D eigenvalue weighted by atomic mass is 16.5. The zero-order chi connectivity index (χ0) is 19.3. The fraction of sp³-hybridized carbons (Fsp3) is 0.450. The van der Waals surface area contributed by atoms with Crippen molar-refractivity contribution in [3.8, 4) is 5.69 Å². The van der Waals surface area contributed by atoms with Crippen molar-refractivity contribution >= 4 is 17.6 Å². The minimum Gasteiger partial charge on any atom is -0.378 e. The van der Waals surface area contributed by atoms with Crippen LogP contribution in [0.15, 0.2) is 42.7 Å². The highest BCUT2D eigenvalue weighted by Crippen LogP contribution is 2.21. The average molecular weight is 383 g/mol. The number of likely N-dealkylation sites (tertiary alicyclic amines) is 1. The lowest BCUT2D eigenvalue weighted by Gasteiger charge is -2.36. The number of hydrogen-bond donors (Lipinski definition) is 1. The van der Waals surface area contributed by atoms with Gasteiger partial charge in [-0.15, -0.1) is 0 Å². The van der Waals surface area contributed by atoms with Crippen LogP contribution in [0, 0.1) is 5.92 Å². The summed E-state index contributed by atoms with van der Waals surface area (Å²) in [5.74, 6) is 0.0177. The van der Waals surface area contributed by atoms with E-state index >= 15 is 0 Å². The van der Waals surface area contributed by atoms with E-state index in [1.807, 2.05) is 41.4 Å². The van der Waals surface area contributed by atoms with Gasteiger partial charge in [-0.2, -0.15) is 5.10 Å². The smallest absolute Gasteiger partial charge is 0.321 e. The molecule has 2 aliphatic heterocycles. The second-order valence-corrected chi connectivity index (χ2v) is 7.15. The lowest BCUT2D eigenvalue weighted by molar-refractivity contribution is -0.141. The summed E-state index contributed by atoms with van der Waals surface area (Å²) in [6.45, 7) is 3.61. The van der Waals surface area contributed by atoms with Crippen molar-refractivity contribution in [1.82, 2.24) is 19.6 Å². The lowest BCUT2D eigenvalue weighted by Crippen LogP contribution is -2.50. The number of ether oxygens (including phenoxy) is 1. The Labute approximate surface area is 164 Å². The first kappa shape index (κ1) is 18.5. The van der Waals surface area contributed by atoms with Crippen LogP contribution in [0.3, 0.4) is 0 Å². The van der Waals surface area contributed by atoms with E-state index in [1.165, 1.54) is 0 Å². The maximum absolute atomic E-state index is 12.7. The van der Waals surface area contributed by atoms with E-state index < -0.39 is 0 Å². The van der Waals surface area contributed by atoms with Crippen molar-refractivity contribution in [2.75, 3.05) is 44.7 Å². The monoisotopic (exact) mass is 383 g/mol. The number of nitrogens with zero attached hydrogens (tertiary/aromatic N) is 4. The second-order valence-electron chi connectivity index (χ2n) is 7.15. The highest BCUT2D eigenvalue weighted by molar-refractivity contribution is 5.90. The molecule has 0 radical (unpaired) electrons. The number of morpholine rings is 1. The molecule has 1 aromatic heterocycles. The number of amides is 3. The van der Waals surface area contributed by atoms with Gasteiger partial charge >= 0.3 is 6.03 Å². The first-order valence-corrected chi connectivity index (χ1v) is 9.73. The molecular weight excluding hydrogens is 358 g/mol. The Balaban J connectivity index is 1.34. The molecule has 0 spiro atoms. The average Bonchev–Trinajstić information content (AvgIpc) is 3.29. The van der Waals surface area contributed by atoms with Crippen LogP contribution in [-0.2, 0) is 9.53 Å². The summed E-state index contributed by atoms with van der Waals surface area (Å²) in [4.78, 5) is 29.0. The van der Waals surface area contributed by atoms with Gasteiger partial charge in [-0.3, -0.25) is 4.79 Å². The number of carbonyl (C=O) groups is 2. The molecule has 0 bridgehead atoms. The molecule has 3 amide bonds. The molecule has 1 N–H and O–H groups in total. The Hall–Kier alpha value is -2.87. The van der Waals surface area contributed by atoms with Gasteiger partial charge in [0.1, 0.15) is 0 Å². The van der Waals surface area contributed by atoms with Crippen molar-refractivity contribution < 1.29 is 14.3 Å². The van der Waals surface area contributed by atoms with Crippen molar-refractivity contribution in [2.24, 2.45) is 5.92 Å². The molecule has 1 atom stereocenters. The predicted molar refractivity (Wildman–Crippen MR) is 104 cm³/mol. The SMILES string of the molecule is O=C(Nc1ccc(-n2cccn2)cc1)N1CCC[C@@H](C(=O)N2CCOCC2)C1. The van der Waals surface area contributed by atoms with Crippen molar-refractivity contribution in [1.29, 1.82) is 0 Å². The zero-order valence-electron chi connectivity index (χ0n) is 15.8. The summed E-state index contributed by atoms with van der Waals surface area (Å²) in [6.07, 6.45) is 5.26. The van der Waals surface area contributed by atoms with Gasteiger partial charge in [0.15, 0.2) is 0 Å². The third kappa shape index (κ3) is 4.17. The third-order valence-corrected chi connectivity index (χ3v) is 5.27. The number of urea groups is 1. The summed E-state index contributed by atoms with van der Waals surface area (Å²) >= 11 is 0. The fourth-order valence-corrected chi connectivity index (χ4v) is 3.73. The van der Waals surface area contributed by atoms with E-state index in [1.54, 1.807) is 15.8 Å². The summed E-state index contributed by atoms with van der Waals surface area (Å²) < 4.78 is 7.08. The van der Waals surface area contributed by atoms with Crippen molar-refractivity contribution in [3.05, 3.63) is 42.7 Å². The van der Waals surface area contributed by atoms with E-state index in [2.05, 4.69) is 10.4 Å². The van der Waals surface area contributed by atoms with Gasteiger partial charge in [0.05, 0.1) is 24.8 Å². The van der Waals surface area contributed by atoms with E-state index in [9.17, 15) is 9.59 Å². The first-order valence-electron chi connectivity index (χ1n) is 9.73. The minimum absolute atomic E-state index is 0.125. The maximum atomic E-state index is 12.7. The van der Waals surface area contributed by atoms with E-state index in [0.29, 0.717) is 39.4 Å². The van der Waals surface area contributed by atoms with Gasteiger partial charge in [0.2, 0.25) is 5.91 Å². The summed E-state index contributed by atoms with van der Waals surface area (Å²) in [6, 6.07) is 9.23. The zero-order valence-corrected chi connectivity index (χ0v) is 15.8. The molecule has 2 fully saturated rings. The molecule has 3 heterocycles. The van der Waals surface area contributed by atoms with Crippen LogP contribution in [0.1, 0.15) is 12.8 Å². The van der Waals surface area contributed by atoms with E-state index in [0.717, 1.165) is 24.2 Å². The standard InChI is InChI=1S/C20H25N5O3/c26-19(23-11-13-28-14-12-23)16-3-1-9-24(15-16)20(27)22-17-4-6-18(7-5-17)25-10-2-8-21-25/h2,4-8,10,16H,1,3,9,11-15H2,(H,22,27)/t16-/m1/s1. The molecule has 0 saturated carbocycles. The number of anilines is 1. The third-order valence-electron chi connectivity index (χ3n) is 5.27. The molecule has 2 saturated heterocycles. The Morgan fingerprint density at radius 2 is 1.86 bits per heavy atom. The van der Waals surface area contributed by atoms with Crippen LogP contribution in [0.25, 0.3) is 5.69 Å².